The summed E-state index contributed by atoms with van der Waals surface area (Å²) in [6, 6.07) is 17.4. The molecule has 1 heterocycles. The molecule has 3 rings (SSSR count). The summed E-state index contributed by atoms with van der Waals surface area (Å²) in [7, 11) is 1.75. The van der Waals surface area contributed by atoms with Gasteiger partial charge in [-0.05, 0) is 43.0 Å². The Morgan fingerprint density at radius 2 is 1.83 bits per heavy atom. The molecule has 0 amide bonds. The molecule has 0 radical (unpaired) electrons. The van der Waals surface area contributed by atoms with Crippen LogP contribution >= 0.6 is 0 Å². The van der Waals surface area contributed by atoms with Gasteiger partial charge in [-0.3, -0.25) is 0 Å². The van der Waals surface area contributed by atoms with Crippen molar-refractivity contribution < 1.29 is 4.74 Å². The molecule has 0 bridgehead atoms. The van der Waals surface area contributed by atoms with Gasteiger partial charge in [-0.2, -0.15) is 0 Å². The Morgan fingerprint density at radius 3 is 2.52 bits per heavy atom. The Morgan fingerprint density at radius 1 is 1.09 bits per heavy atom. The summed E-state index contributed by atoms with van der Waals surface area (Å²) in [5.74, 6) is 0.978. The molecule has 1 aliphatic heterocycles. The van der Waals surface area contributed by atoms with Gasteiger partial charge >= 0.3 is 0 Å². The maximum absolute atomic E-state index is 5.55. The number of hydrogen-bond acceptors (Lipinski definition) is 3. The van der Waals surface area contributed by atoms with Crippen LogP contribution in [0.1, 0.15) is 36.9 Å². The second-order valence-electron chi connectivity index (χ2n) is 6.21. The van der Waals surface area contributed by atoms with Crippen LogP contribution in [0.5, 0.6) is 5.75 Å². The van der Waals surface area contributed by atoms with Crippen LogP contribution in [0, 0.1) is 0 Å². The van der Waals surface area contributed by atoms with Crippen molar-refractivity contribution in [3.05, 3.63) is 59.7 Å². The minimum Gasteiger partial charge on any atom is -0.495 e. The maximum atomic E-state index is 5.55. The summed E-state index contributed by atoms with van der Waals surface area (Å²) < 4.78 is 5.55. The standard InChI is InChI=1S/C20H26N2O/c1-16(18-8-4-3-5-9-18)21-15-17-10-11-20(23-2)19(14-17)22-12-6-7-13-22/h3-5,8-11,14,16,21H,6-7,12-13,15H2,1-2H3. The molecule has 122 valence electrons. The second-order valence-corrected chi connectivity index (χ2v) is 6.21. The monoisotopic (exact) mass is 310 g/mol. The van der Waals surface area contributed by atoms with Crippen molar-refractivity contribution in [3.8, 4) is 5.75 Å². The number of hydrogen-bond donors (Lipinski definition) is 1. The lowest BCUT2D eigenvalue weighted by Crippen LogP contribution is -2.20. The van der Waals surface area contributed by atoms with E-state index in [-0.39, 0.29) is 0 Å². The molecule has 1 fully saturated rings. The molecular formula is C20H26N2O. The maximum Gasteiger partial charge on any atom is 0.142 e. The molecule has 0 aromatic heterocycles. The van der Waals surface area contributed by atoms with E-state index in [1.807, 2.05) is 0 Å². The van der Waals surface area contributed by atoms with Crippen LogP contribution in [0.4, 0.5) is 5.69 Å². The van der Waals surface area contributed by atoms with E-state index in [2.05, 4.69) is 65.7 Å². The minimum atomic E-state index is 0.341. The van der Waals surface area contributed by atoms with Crippen molar-refractivity contribution in [2.75, 3.05) is 25.1 Å². The second kappa shape index (κ2) is 7.51. The van der Waals surface area contributed by atoms with Crippen molar-refractivity contribution >= 4 is 5.69 Å². The summed E-state index contributed by atoms with van der Waals surface area (Å²) in [5, 5.41) is 3.61. The molecule has 3 nitrogen and oxygen atoms in total. The van der Waals surface area contributed by atoms with Crippen LogP contribution in [0.25, 0.3) is 0 Å². The molecule has 1 aliphatic rings. The molecule has 1 atom stereocenters. The van der Waals surface area contributed by atoms with Gasteiger partial charge in [-0.1, -0.05) is 36.4 Å². The molecule has 0 aliphatic carbocycles. The van der Waals surface area contributed by atoms with E-state index in [0.717, 1.165) is 25.4 Å². The molecular weight excluding hydrogens is 284 g/mol. The number of nitrogens with zero attached hydrogens (tertiary/aromatic N) is 1. The highest BCUT2D eigenvalue weighted by molar-refractivity contribution is 5.60. The van der Waals surface area contributed by atoms with E-state index in [1.54, 1.807) is 7.11 Å². The first-order valence-electron chi connectivity index (χ1n) is 8.48. The first-order chi connectivity index (χ1) is 11.3. The van der Waals surface area contributed by atoms with E-state index in [4.69, 9.17) is 4.74 Å². The van der Waals surface area contributed by atoms with E-state index < -0.39 is 0 Å². The zero-order valence-corrected chi connectivity index (χ0v) is 14.1. The van der Waals surface area contributed by atoms with Crippen molar-refractivity contribution in [2.45, 2.75) is 32.4 Å². The lowest BCUT2D eigenvalue weighted by Gasteiger charge is -2.22. The molecule has 3 heteroatoms. The molecule has 0 spiro atoms. The van der Waals surface area contributed by atoms with Gasteiger partial charge in [0.1, 0.15) is 5.75 Å². The van der Waals surface area contributed by atoms with Gasteiger partial charge in [0, 0.05) is 25.7 Å². The smallest absolute Gasteiger partial charge is 0.142 e. The van der Waals surface area contributed by atoms with E-state index in [0.29, 0.717) is 6.04 Å². The minimum absolute atomic E-state index is 0.341. The lowest BCUT2D eigenvalue weighted by atomic mass is 10.1. The number of methoxy groups -OCH3 is 1. The predicted molar refractivity (Wildman–Crippen MR) is 96.1 cm³/mol. The SMILES string of the molecule is COc1ccc(CNC(C)c2ccccc2)cc1N1CCCC1. The summed E-state index contributed by atoms with van der Waals surface area (Å²) in [4.78, 5) is 2.43. The molecule has 1 saturated heterocycles. The highest BCUT2D eigenvalue weighted by Gasteiger charge is 2.17. The van der Waals surface area contributed by atoms with Crippen LogP contribution in [0.3, 0.4) is 0 Å². The van der Waals surface area contributed by atoms with Crippen LogP contribution in [0.15, 0.2) is 48.5 Å². The first kappa shape index (κ1) is 15.9. The van der Waals surface area contributed by atoms with Gasteiger partial charge in [-0.15, -0.1) is 0 Å². The van der Waals surface area contributed by atoms with Gasteiger partial charge in [0.25, 0.3) is 0 Å². The van der Waals surface area contributed by atoms with Gasteiger partial charge in [0.15, 0.2) is 0 Å². The fraction of sp³-hybridized carbons (Fsp3) is 0.400. The van der Waals surface area contributed by atoms with Crippen molar-refractivity contribution in [3.63, 3.8) is 0 Å². The highest BCUT2D eigenvalue weighted by atomic mass is 16.5. The van der Waals surface area contributed by atoms with Crippen LogP contribution in [-0.2, 0) is 6.54 Å². The molecule has 1 N–H and O–H groups in total. The average Bonchev–Trinajstić information content (AvgIpc) is 3.14. The predicted octanol–water partition coefficient (Wildman–Crippen LogP) is 4.15. The van der Waals surface area contributed by atoms with Crippen molar-refractivity contribution in [1.82, 2.24) is 5.32 Å². The van der Waals surface area contributed by atoms with Gasteiger partial charge in [0.05, 0.1) is 12.8 Å². The number of nitrogens with one attached hydrogen (secondary N) is 1. The number of ether oxygens (including phenoxy) is 1. The Kier molecular flexibility index (Phi) is 5.19. The molecule has 0 saturated carbocycles. The topological polar surface area (TPSA) is 24.5 Å². The van der Waals surface area contributed by atoms with Gasteiger partial charge in [0.2, 0.25) is 0 Å². The van der Waals surface area contributed by atoms with E-state index in [9.17, 15) is 0 Å². The molecule has 23 heavy (non-hydrogen) atoms. The third-order valence-electron chi connectivity index (χ3n) is 4.60. The largest absolute Gasteiger partial charge is 0.495 e. The van der Waals surface area contributed by atoms with Crippen LogP contribution in [0.2, 0.25) is 0 Å². The quantitative estimate of drug-likeness (QED) is 0.867. The number of benzene rings is 2. The number of anilines is 1. The molecule has 1 unspecified atom stereocenters. The molecule has 2 aromatic rings. The van der Waals surface area contributed by atoms with Crippen LogP contribution in [-0.4, -0.2) is 20.2 Å². The summed E-state index contributed by atoms with van der Waals surface area (Å²) >= 11 is 0. The Hall–Kier alpha value is -2.00. The Labute approximate surface area is 139 Å². The highest BCUT2D eigenvalue weighted by Crippen LogP contribution is 2.32. The first-order valence-corrected chi connectivity index (χ1v) is 8.48. The Bertz CT molecular complexity index is 621. The fourth-order valence-electron chi connectivity index (χ4n) is 3.18. The summed E-state index contributed by atoms with van der Waals surface area (Å²) in [6.07, 6.45) is 2.55. The summed E-state index contributed by atoms with van der Waals surface area (Å²) in [6.45, 7) is 5.34. The zero-order chi connectivity index (χ0) is 16.1. The van der Waals surface area contributed by atoms with E-state index in [1.165, 1.54) is 29.7 Å². The zero-order valence-electron chi connectivity index (χ0n) is 14.1. The normalized spacial score (nSPS) is 15.7. The van der Waals surface area contributed by atoms with Gasteiger partial charge in [-0.25, -0.2) is 0 Å². The van der Waals surface area contributed by atoms with Crippen molar-refractivity contribution in [2.24, 2.45) is 0 Å². The van der Waals surface area contributed by atoms with Gasteiger partial charge < -0.3 is 15.0 Å². The average molecular weight is 310 g/mol. The third kappa shape index (κ3) is 3.85. The van der Waals surface area contributed by atoms with Crippen LogP contribution < -0.4 is 15.0 Å². The Balaban J connectivity index is 1.69. The molecule has 2 aromatic carbocycles. The lowest BCUT2D eigenvalue weighted by molar-refractivity contribution is 0.414. The fourth-order valence-corrected chi connectivity index (χ4v) is 3.18. The number of rotatable bonds is 6. The van der Waals surface area contributed by atoms with Crippen molar-refractivity contribution in [1.29, 1.82) is 0 Å². The van der Waals surface area contributed by atoms with E-state index >= 15 is 0 Å². The summed E-state index contributed by atoms with van der Waals surface area (Å²) in [5.41, 5.74) is 3.85. The third-order valence-corrected chi connectivity index (χ3v) is 4.60.